The molecule has 1 atom stereocenters. The van der Waals surface area contributed by atoms with Crippen LogP contribution in [-0.2, 0) is 12.5 Å². The molecule has 0 N–H and O–H groups in total. The first-order chi connectivity index (χ1) is 26.9. The summed E-state index contributed by atoms with van der Waals surface area (Å²) in [5, 5.41) is 0.739. The largest absolute Gasteiger partial charge is 0.454 e. The summed E-state index contributed by atoms with van der Waals surface area (Å²) in [4.78, 5) is 0. The molecule has 1 aliphatic rings. The van der Waals surface area contributed by atoms with Crippen LogP contribution >= 0.6 is 0 Å². The molecule has 0 amide bonds. The Hall–Kier alpha value is -3.39. The van der Waals surface area contributed by atoms with Crippen molar-refractivity contribution in [2.75, 3.05) is 0 Å². The summed E-state index contributed by atoms with van der Waals surface area (Å²) in [7, 11) is 1.52. The molecule has 5 aromatic rings. The number of fused-ring (bicyclic) bond motifs is 7. The van der Waals surface area contributed by atoms with Crippen molar-refractivity contribution >= 4 is 21.9 Å². The fraction of sp³-hybridized carbons (Fsp3) is 0.361. The third-order valence-corrected chi connectivity index (χ3v) is 7.44. The normalized spacial score (nSPS) is 28.2. The smallest absolute Gasteiger partial charge is 0.216 e. The number of aromatic nitrogens is 1. The van der Waals surface area contributed by atoms with Crippen LogP contribution in [0.4, 0.5) is 0 Å². The van der Waals surface area contributed by atoms with E-state index in [1.165, 1.54) is 60.3 Å². The second kappa shape index (κ2) is 8.83. The molecular formula is C36H40NO+. The van der Waals surface area contributed by atoms with Crippen molar-refractivity contribution in [3.05, 3.63) is 88.6 Å². The van der Waals surface area contributed by atoms with Gasteiger partial charge in [-0.15, -0.1) is 0 Å². The molecule has 0 saturated heterocycles. The molecule has 6 rings (SSSR count). The van der Waals surface area contributed by atoms with E-state index >= 15 is 0 Å². The lowest BCUT2D eigenvalue weighted by Gasteiger charge is -2.35. The van der Waals surface area contributed by atoms with Gasteiger partial charge in [0.05, 0.1) is 5.56 Å². The Bertz CT molecular complexity index is 2500. The molecule has 2 heterocycles. The summed E-state index contributed by atoms with van der Waals surface area (Å²) >= 11 is 0. The van der Waals surface area contributed by atoms with Gasteiger partial charge in [-0.05, 0) is 73.0 Å². The highest BCUT2D eigenvalue weighted by atomic mass is 16.3. The van der Waals surface area contributed by atoms with Crippen molar-refractivity contribution in [3.63, 3.8) is 0 Å². The van der Waals surface area contributed by atoms with E-state index in [-0.39, 0.29) is 39.1 Å². The average molecular weight is 525 g/mol. The minimum Gasteiger partial charge on any atom is -0.454 e. The van der Waals surface area contributed by atoms with Crippen LogP contribution in [0.25, 0.3) is 44.3 Å². The number of rotatable bonds is 5. The van der Waals surface area contributed by atoms with E-state index in [1.807, 2.05) is 0 Å². The van der Waals surface area contributed by atoms with Gasteiger partial charge in [-0.25, -0.2) is 4.57 Å². The maximum absolute atomic E-state index is 9.72. The predicted molar refractivity (Wildman–Crippen MR) is 160 cm³/mol. The number of furan rings is 1. The fourth-order valence-electron chi connectivity index (χ4n) is 5.91. The molecule has 2 heteroatoms. The molecule has 0 bridgehead atoms. The highest BCUT2D eigenvalue weighted by molar-refractivity contribution is 6.14. The lowest BCUT2D eigenvalue weighted by Crippen LogP contribution is -2.31. The van der Waals surface area contributed by atoms with Crippen molar-refractivity contribution < 1.29 is 39.1 Å². The third kappa shape index (κ3) is 3.56. The first kappa shape index (κ1) is 10.3. The minimum atomic E-state index is -4.07. The van der Waals surface area contributed by atoms with Gasteiger partial charge in [-0.1, -0.05) is 75.9 Å². The van der Waals surface area contributed by atoms with Gasteiger partial charge in [0.15, 0.2) is 6.20 Å². The van der Waals surface area contributed by atoms with Gasteiger partial charge in [0, 0.05) is 63.5 Å². The van der Waals surface area contributed by atoms with E-state index in [0.717, 1.165) is 0 Å². The van der Waals surface area contributed by atoms with Crippen molar-refractivity contribution in [2.45, 2.75) is 66.2 Å². The van der Waals surface area contributed by atoms with E-state index in [4.69, 9.17) is 29.1 Å². The van der Waals surface area contributed by atoms with Crippen molar-refractivity contribution in [1.29, 1.82) is 0 Å². The van der Waals surface area contributed by atoms with Gasteiger partial charge < -0.3 is 4.42 Å². The molecule has 194 valence electrons. The Labute approximate surface area is 258 Å². The molecule has 0 fully saturated rings. The van der Waals surface area contributed by atoms with Crippen LogP contribution in [0.2, 0.25) is 0 Å². The van der Waals surface area contributed by atoms with Crippen molar-refractivity contribution in [1.82, 2.24) is 0 Å². The average Bonchev–Trinajstić information content (AvgIpc) is 3.59. The number of benzene rings is 3. The first-order valence-electron chi connectivity index (χ1n) is 23.1. The summed E-state index contributed by atoms with van der Waals surface area (Å²) in [5.41, 5.74) is -3.18. The van der Waals surface area contributed by atoms with Gasteiger partial charge in [0.1, 0.15) is 18.2 Å². The number of hydrogen-bond donors (Lipinski definition) is 0. The second-order valence-electron chi connectivity index (χ2n) is 9.80. The topological polar surface area (TPSA) is 17.0 Å². The maximum atomic E-state index is 9.72. The van der Waals surface area contributed by atoms with Gasteiger partial charge >= 0.3 is 0 Å². The Morgan fingerprint density at radius 3 is 2.37 bits per heavy atom. The minimum absolute atomic E-state index is 0.0195. The summed E-state index contributed by atoms with van der Waals surface area (Å²) < 4.78 is 194. The Morgan fingerprint density at radius 2 is 1.61 bits per heavy atom. The molecule has 2 aromatic heterocycles. The highest BCUT2D eigenvalue weighted by Gasteiger charge is 2.45. The van der Waals surface area contributed by atoms with Crippen LogP contribution in [0, 0.1) is 32.4 Å². The molecule has 2 nitrogen and oxygen atoms in total. The maximum Gasteiger partial charge on any atom is 0.216 e. The van der Waals surface area contributed by atoms with Crippen LogP contribution in [0.1, 0.15) is 98.2 Å². The molecule has 38 heavy (non-hydrogen) atoms. The van der Waals surface area contributed by atoms with Crippen LogP contribution in [0.5, 0.6) is 0 Å². The summed E-state index contributed by atoms with van der Waals surface area (Å²) in [6.45, 7) is -19.3. The Balaban J connectivity index is 1.82. The lowest BCUT2D eigenvalue weighted by molar-refractivity contribution is -0.660. The molecule has 0 aliphatic heterocycles. The van der Waals surface area contributed by atoms with Crippen LogP contribution in [0.3, 0.4) is 0 Å². The monoisotopic (exact) mass is 524 g/mol. The van der Waals surface area contributed by atoms with E-state index in [9.17, 15) is 5.48 Å². The van der Waals surface area contributed by atoms with Gasteiger partial charge in [0.2, 0.25) is 5.69 Å². The third-order valence-electron chi connectivity index (χ3n) is 7.44. The SMILES string of the molecule is [2H]C([2H])([2H])c1cc(-c2c(C)ccc3c2oc2c4c(ccc23)C(CC([2H])(C([2H])([2H])[2H])C([2H])([2H])[2H])(C([2H])([2H])C([2H])(C([2H])([2H])[2H])C([2H])([2H])[2H])c2ccccc2-4)[n+](C)cc1C([2H])([2H])[2H]. The Morgan fingerprint density at radius 1 is 0.868 bits per heavy atom. The quantitative estimate of drug-likeness (QED) is 0.209. The van der Waals surface area contributed by atoms with Gasteiger partial charge in [0.25, 0.3) is 0 Å². The highest BCUT2D eigenvalue weighted by Crippen LogP contribution is 2.57. The van der Waals surface area contributed by atoms with Crippen LogP contribution in [0.15, 0.2) is 65.2 Å². The molecular weight excluding hydrogens is 462 g/mol. The van der Waals surface area contributed by atoms with E-state index in [1.54, 1.807) is 19.1 Å². The zero-order valence-corrected chi connectivity index (χ0v) is 20.8. The fourth-order valence-corrected chi connectivity index (χ4v) is 5.91. The van der Waals surface area contributed by atoms with Gasteiger partial charge in [-0.3, -0.25) is 0 Å². The zero-order valence-electron chi connectivity index (χ0n) is 42.8. The summed E-state index contributed by atoms with van der Waals surface area (Å²) in [6, 6.07) is 12.8. The number of nitrogens with zero attached hydrogens (tertiary/aromatic N) is 1. The summed E-state index contributed by atoms with van der Waals surface area (Å²) in [5.74, 6) is -7.66. The Kier molecular flexibility index (Phi) is 2.39. The molecule has 0 saturated carbocycles. The number of aryl methyl sites for hydroxylation is 4. The van der Waals surface area contributed by atoms with E-state index in [0.29, 0.717) is 21.9 Å². The van der Waals surface area contributed by atoms with Gasteiger partial charge in [-0.2, -0.15) is 0 Å². The van der Waals surface area contributed by atoms with Crippen molar-refractivity contribution in [3.8, 4) is 22.4 Å². The number of hydrogen-bond acceptors (Lipinski definition) is 1. The van der Waals surface area contributed by atoms with Crippen LogP contribution < -0.4 is 4.57 Å². The second-order valence-corrected chi connectivity index (χ2v) is 9.80. The lowest BCUT2D eigenvalue weighted by atomic mass is 9.68. The summed E-state index contributed by atoms with van der Waals surface area (Å²) in [6.07, 6.45) is -4.26. The van der Waals surface area contributed by atoms with Crippen molar-refractivity contribution in [2.24, 2.45) is 18.8 Å². The van der Waals surface area contributed by atoms with E-state index in [2.05, 4.69) is 0 Å². The van der Waals surface area contributed by atoms with E-state index < -0.39 is 82.2 Å². The first-order valence-corrected chi connectivity index (χ1v) is 12.1. The molecule has 1 aliphatic carbocycles. The zero-order chi connectivity index (χ0) is 45.6. The van der Waals surface area contributed by atoms with Crippen LogP contribution in [-0.4, -0.2) is 0 Å². The predicted octanol–water partition coefficient (Wildman–Crippen LogP) is 9.36. The molecule has 3 aromatic carbocycles. The molecule has 1 unspecified atom stereocenters. The standard InChI is InChI=1S/C36H40NO/c1-21(2)18-36(19-22(3)4)29-12-10-9-11-28(29)33-30(36)16-15-27-26-14-13-23(5)32(34(26)38-35(27)33)31-17-24(6)25(7)20-37(31)8/h9-17,20-22H,18-19H2,1-8H3/q+1/i1D3,2D3,3D3,4D3,6D3,7D3,18D2,21D,22D. The molecule has 0 spiro atoms. The number of pyridine rings is 1. The molecule has 0 radical (unpaired) electrons.